The summed E-state index contributed by atoms with van der Waals surface area (Å²) in [5, 5.41) is 3.87. The van der Waals surface area contributed by atoms with E-state index in [1.165, 1.54) is 12.1 Å². The first-order valence-electron chi connectivity index (χ1n) is 6.02. The Morgan fingerprint density at radius 2 is 1.95 bits per heavy atom. The summed E-state index contributed by atoms with van der Waals surface area (Å²) in [5.74, 6) is 0.500. The minimum absolute atomic E-state index is 0.115. The summed E-state index contributed by atoms with van der Waals surface area (Å²) < 4.78 is 19.5. The highest BCUT2D eigenvalue weighted by Crippen LogP contribution is 2.34. The maximum atomic E-state index is 13.3. The Bertz CT molecular complexity index is 621. The van der Waals surface area contributed by atoms with E-state index in [9.17, 15) is 4.39 Å². The van der Waals surface area contributed by atoms with Gasteiger partial charge >= 0.3 is 0 Å². The van der Waals surface area contributed by atoms with Crippen molar-refractivity contribution in [2.24, 2.45) is 0 Å². The number of hydrogen-bond donors (Lipinski definition) is 1. The maximum absolute atomic E-state index is 13.3. The van der Waals surface area contributed by atoms with Crippen molar-refractivity contribution in [3.63, 3.8) is 0 Å². The van der Waals surface area contributed by atoms with E-state index in [0.29, 0.717) is 5.02 Å². The van der Waals surface area contributed by atoms with Crippen LogP contribution in [0.15, 0.2) is 36.4 Å². The molecule has 1 unspecified atom stereocenters. The first kappa shape index (κ1) is 15.5. The molecule has 0 fully saturated rings. The van der Waals surface area contributed by atoms with Crippen LogP contribution >= 0.6 is 34.2 Å². The first-order chi connectivity index (χ1) is 9.56. The van der Waals surface area contributed by atoms with Crippen LogP contribution in [0.2, 0.25) is 5.02 Å². The fraction of sp³-hybridized carbons (Fsp3) is 0.200. The van der Waals surface area contributed by atoms with Gasteiger partial charge in [0.2, 0.25) is 0 Å². The maximum Gasteiger partial charge on any atom is 0.124 e. The number of methoxy groups -OCH3 is 1. The van der Waals surface area contributed by atoms with Crippen LogP contribution in [-0.2, 0) is 0 Å². The third kappa shape index (κ3) is 3.24. The molecule has 1 N–H and O–H groups in total. The fourth-order valence-corrected chi connectivity index (χ4v) is 3.11. The van der Waals surface area contributed by atoms with Gasteiger partial charge in [0.1, 0.15) is 11.6 Å². The number of nitrogens with one attached hydrogen (secondary N) is 1. The first-order valence-corrected chi connectivity index (χ1v) is 7.48. The Morgan fingerprint density at radius 1 is 1.20 bits per heavy atom. The summed E-state index contributed by atoms with van der Waals surface area (Å²) >= 11 is 8.21. The second kappa shape index (κ2) is 6.74. The van der Waals surface area contributed by atoms with Gasteiger partial charge in [-0.1, -0.05) is 17.7 Å². The summed E-state index contributed by atoms with van der Waals surface area (Å²) in [6.07, 6.45) is 0. The van der Waals surface area contributed by atoms with E-state index in [-0.39, 0.29) is 11.9 Å². The smallest absolute Gasteiger partial charge is 0.124 e. The molecule has 0 bridgehead atoms. The molecule has 20 heavy (non-hydrogen) atoms. The van der Waals surface area contributed by atoms with Crippen LogP contribution in [0.4, 0.5) is 4.39 Å². The van der Waals surface area contributed by atoms with E-state index in [2.05, 4.69) is 27.9 Å². The summed E-state index contributed by atoms with van der Waals surface area (Å²) in [6, 6.07) is 10.1. The third-order valence-electron chi connectivity index (χ3n) is 3.06. The van der Waals surface area contributed by atoms with Gasteiger partial charge in [0, 0.05) is 14.2 Å². The molecular weight excluding hydrogens is 392 g/mol. The lowest BCUT2D eigenvalue weighted by Gasteiger charge is -2.21. The molecule has 0 aliphatic rings. The van der Waals surface area contributed by atoms with Crippen LogP contribution in [0.5, 0.6) is 5.75 Å². The van der Waals surface area contributed by atoms with Gasteiger partial charge in [-0.05, 0) is 65.5 Å². The van der Waals surface area contributed by atoms with Crippen molar-refractivity contribution < 1.29 is 9.13 Å². The molecule has 0 spiro atoms. The Morgan fingerprint density at radius 3 is 2.55 bits per heavy atom. The van der Waals surface area contributed by atoms with Crippen LogP contribution in [0.25, 0.3) is 0 Å². The SMILES string of the molecule is CNC(c1ccc(F)cc1I)c1cc(Cl)ccc1OC. The van der Waals surface area contributed by atoms with Crippen molar-refractivity contribution in [3.05, 3.63) is 61.9 Å². The minimum Gasteiger partial charge on any atom is -0.496 e. The average Bonchev–Trinajstić information content (AvgIpc) is 2.42. The van der Waals surface area contributed by atoms with Gasteiger partial charge in [-0.2, -0.15) is 0 Å². The highest BCUT2D eigenvalue weighted by Gasteiger charge is 2.19. The number of hydrogen-bond acceptors (Lipinski definition) is 2. The molecule has 0 radical (unpaired) electrons. The summed E-state index contributed by atoms with van der Waals surface area (Å²) in [7, 11) is 3.47. The van der Waals surface area contributed by atoms with Crippen LogP contribution < -0.4 is 10.1 Å². The van der Waals surface area contributed by atoms with Crippen LogP contribution in [0, 0.1) is 9.39 Å². The van der Waals surface area contributed by atoms with Crippen molar-refractivity contribution in [3.8, 4) is 5.75 Å². The van der Waals surface area contributed by atoms with Gasteiger partial charge in [0.15, 0.2) is 0 Å². The van der Waals surface area contributed by atoms with Gasteiger partial charge in [0.05, 0.1) is 13.2 Å². The summed E-state index contributed by atoms with van der Waals surface area (Å²) in [4.78, 5) is 0. The molecular formula is C15H14ClFINO. The van der Waals surface area contributed by atoms with Gasteiger partial charge < -0.3 is 10.1 Å². The molecule has 0 amide bonds. The van der Waals surface area contributed by atoms with E-state index in [1.54, 1.807) is 19.2 Å². The number of halogens is 3. The zero-order valence-corrected chi connectivity index (χ0v) is 14.0. The second-order valence-electron chi connectivity index (χ2n) is 4.27. The fourth-order valence-electron chi connectivity index (χ4n) is 2.14. The van der Waals surface area contributed by atoms with Crippen molar-refractivity contribution in [2.45, 2.75) is 6.04 Å². The van der Waals surface area contributed by atoms with E-state index in [4.69, 9.17) is 16.3 Å². The Labute approximate surface area is 136 Å². The van der Waals surface area contributed by atoms with E-state index < -0.39 is 0 Å². The van der Waals surface area contributed by atoms with Crippen molar-refractivity contribution in [1.82, 2.24) is 5.32 Å². The molecule has 2 rings (SSSR count). The normalized spacial score (nSPS) is 12.2. The lowest BCUT2D eigenvalue weighted by molar-refractivity contribution is 0.405. The third-order valence-corrected chi connectivity index (χ3v) is 4.23. The molecule has 0 aromatic heterocycles. The van der Waals surface area contributed by atoms with Gasteiger partial charge in [-0.15, -0.1) is 0 Å². The standard InChI is InChI=1S/C15H14ClFINO/c1-19-15(11-5-4-10(17)8-13(11)18)12-7-9(16)3-6-14(12)20-2/h3-8,15,19H,1-2H3. The monoisotopic (exact) mass is 405 g/mol. The molecule has 0 saturated carbocycles. The molecule has 0 saturated heterocycles. The topological polar surface area (TPSA) is 21.3 Å². The number of ether oxygens (including phenoxy) is 1. The molecule has 106 valence electrons. The predicted octanol–water partition coefficient (Wildman–Crippen LogP) is 4.40. The molecule has 5 heteroatoms. The zero-order valence-electron chi connectivity index (χ0n) is 11.1. The predicted molar refractivity (Wildman–Crippen MR) is 88.0 cm³/mol. The molecule has 1 atom stereocenters. The second-order valence-corrected chi connectivity index (χ2v) is 5.87. The highest BCUT2D eigenvalue weighted by atomic mass is 127. The summed E-state index contributed by atoms with van der Waals surface area (Å²) in [6.45, 7) is 0. The van der Waals surface area contributed by atoms with Crippen molar-refractivity contribution in [2.75, 3.05) is 14.2 Å². The van der Waals surface area contributed by atoms with Gasteiger partial charge in [-0.25, -0.2) is 4.39 Å². The van der Waals surface area contributed by atoms with Gasteiger partial charge in [-0.3, -0.25) is 0 Å². The lowest BCUT2D eigenvalue weighted by Crippen LogP contribution is -2.19. The average molecular weight is 406 g/mol. The van der Waals surface area contributed by atoms with Crippen LogP contribution in [0.1, 0.15) is 17.2 Å². The minimum atomic E-state index is -0.244. The number of rotatable bonds is 4. The van der Waals surface area contributed by atoms with Crippen molar-refractivity contribution in [1.29, 1.82) is 0 Å². The van der Waals surface area contributed by atoms with E-state index in [0.717, 1.165) is 20.4 Å². The molecule has 0 heterocycles. The van der Waals surface area contributed by atoms with Gasteiger partial charge in [0.25, 0.3) is 0 Å². The Hall–Kier alpha value is -0.850. The molecule has 2 nitrogen and oxygen atoms in total. The number of benzene rings is 2. The van der Waals surface area contributed by atoms with E-state index >= 15 is 0 Å². The zero-order chi connectivity index (χ0) is 14.7. The Balaban J connectivity index is 2.54. The molecule has 2 aromatic rings. The highest BCUT2D eigenvalue weighted by molar-refractivity contribution is 14.1. The van der Waals surface area contributed by atoms with E-state index in [1.807, 2.05) is 19.2 Å². The lowest BCUT2D eigenvalue weighted by atomic mass is 9.98. The van der Waals surface area contributed by atoms with Crippen LogP contribution in [0.3, 0.4) is 0 Å². The summed E-state index contributed by atoms with van der Waals surface area (Å²) in [5.41, 5.74) is 1.90. The Kier molecular flexibility index (Phi) is 5.23. The molecule has 0 aliphatic carbocycles. The largest absolute Gasteiger partial charge is 0.496 e. The molecule has 0 aliphatic heterocycles. The van der Waals surface area contributed by atoms with Crippen LogP contribution in [-0.4, -0.2) is 14.2 Å². The molecule has 2 aromatic carbocycles. The van der Waals surface area contributed by atoms with Crippen molar-refractivity contribution >= 4 is 34.2 Å². The quantitative estimate of drug-likeness (QED) is 0.761.